The van der Waals surface area contributed by atoms with Crippen molar-refractivity contribution in [2.45, 2.75) is 44.5 Å². The smallest absolute Gasteiger partial charge is 0.328 e. The highest BCUT2D eigenvalue weighted by Crippen LogP contribution is 2.56. The van der Waals surface area contributed by atoms with E-state index in [9.17, 15) is 22.0 Å². The number of hydrogen-bond acceptors (Lipinski definition) is 2. The molecular weight excluding hydrogens is 287 g/mol. The monoisotopic (exact) mass is 300 g/mol. The molecule has 0 spiro atoms. The van der Waals surface area contributed by atoms with E-state index in [0.717, 1.165) is 0 Å². The third-order valence-corrected chi connectivity index (χ3v) is 3.41. The lowest BCUT2D eigenvalue weighted by atomic mass is 9.77. The summed E-state index contributed by atoms with van der Waals surface area (Å²) < 4.78 is 73.2. The van der Waals surface area contributed by atoms with Gasteiger partial charge in [0.15, 0.2) is 0 Å². The van der Waals surface area contributed by atoms with Gasteiger partial charge in [0, 0.05) is 12.0 Å². The van der Waals surface area contributed by atoms with Crippen LogP contribution >= 0.6 is 12.0 Å². The predicted molar refractivity (Wildman–Crippen MR) is 64.6 cm³/mol. The van der Waals surface area contributed by atoms with Crippen molar-refractivity contribution in [3.63, 3.8) is 0 Å². The fraction of sp³-hybridized carbons (Fsp3) is 0.667. The highest BCUT2D eigenvalue weighted by atomic mass is 32.2. The first-order valence-electron chi connectivity index (χ1n) is 5.08. The molecule has 0 saturated carbocycles. The van der Waals surface area contributed by atoms with E-state index in [1.165, 1.54) is 13.8 Å². The van der Waals surface area contributed by atoms with Crippen LogP contribution < -0.4 is 0 Å². The Bertz CT molecular complexity index is 425. The lowest BCUT2D eigenvalue weighted by Crippen LogP contribution is -2.58. The summed E-state index contributed by atoms with van der Waals surface area (Å²) in [5, 5.41) is 0. The number of rotatable bonds is 3. The second-order valence-corrected chi connectivity index (χ2v) is 5.01. The maximum Gasteiger partial charge on any atom is 0.399 e. The van der Waals surface area contributed by atoms with E-state index in [0.29, 0.717) is 13.8 Å². The van der Waals surface area contributed by atoms with Crippen molar-refractivity contribution < 1.29 is 26.5 Å². The fourth-order valence-corrected chi connectivity index (χ4v) is 1.93. The van der Waals surface area contributed by atoms with Gasteiger partial charge in [0.1, 0.15) is 5.41 Å². The first-order chi connectivity index (χ1) is 8.43. The molecule has 0 aromatic carbocycles. The zero-order valence-corrected chi connectivity index (χ0v) is 11.6. The molecule has 0 unspecified atom stereocenters. The Hall–Kier alpha value is -0.920. The van der Waals surface area contributed by atoms with Gasteiger partial charge in [-0.1, -0.05) is 11.8 Å². The van der Waals surface area contributed by atoms with Gasteiger partial charge in [-0.3, -0.25) is 0 Å². The molecular formula is C12H13F5OS. The Morgan fingerprint density at radius 2 is 1.26 bits per heavy atom. The van der Waals surface area contributed by atoms with Crippen LogP contribution in [0.5, 0.6) is 0 Å². The van der Waals surface area contributed by atoms with Crippen molar-refractivity contribution in [1.29, 1.82) is 0 Å². The molecule has 0 aromatic heterocycles. The maximum atomic E-state index is 14.3. The summed E-state index contributed by atoms with van der Waals surface area (Å²) in [6.45, 7) is 3.07. The Morgan fingerprint density at radius 3 is 1.47 bits per heavy atom. The Kier molecular flexibility index (Phi) is 5.33. The van der Waals surface area contributed by atoms with Gasteiger partial charge in [0.2, 0.25) is 4.75 Å². The molecule has 0 aliphatic heterocycles. The van der Waals surface area contributed by atoms with Crippen molar-refractivity contribution in [2.24, 2.45) is 5.41 Å². The molecule has 0 heterocycles. The van der Waals surface area contributed by atoms with E-state index in [4.69, 9.17) is 4.55 Å². The van der Waals surface area contributed by atoms with Crippen molar-refractivity contribution in [2.75, 3.05) is 0 Å². The molecule has 1 N–H and O–H groups in total. The summed E-state index contributed by atoms with van der Waals surface area (Å²) in [4.78, 5) is 0. The van der Waals surface area contributed by atoms with Crippen molar-refractivity contribution in [1.82, 2.24) is 0 Å². The van der Waals surface area contributed by atoms with Gasteiger partial charge in [0.05, 0.1) is 0 Å². The summed E-state index contributed by atoms with van der Waals surface area (Å²) in [7, 11) is 0. The van der Waals surface area contributed by atoms with Crippen molar-refractivity contribution in [3.8, 4) is 23.7 Å². The maximum absolute atomic E-state index is 14.3. The molecule has 19 heavy (non-hydrogen) atoms. The summed E-state index contributed by atoms with van der Waals surface area (Å²) in [6.07, 6.45) is -5.18. The number of alkyl halides is 5. The quantitative estimate of drug-likeness (QED) is 0.479. The molecule has 0 amide bonds. The molecule has 0 aliphatic rings. The zero-order valence-electron chi connectivity index (χ0n) is 10.7. The third kappa shape index (κ3) is 2.82. The second-order valence-electron chi connectivity index (χ2n) is 4.22. The van der Waals surface area contributed by atoms with Gasteiger partial charge < -0.3 is 4.55 Å². The minimum atomic E-state index is -5.18. The van der Waals surface area contributed by atoms with Crippen LogP contribution in [0.15, 0.2) is 0 Å². The molecule has 0 bridgehead atoms. The lowest BCUT2D eigenvalue weighted by molar-refractivity contribution is -0.286. The molecule has 0 atom stereocenters. The van der Waals surface area contributed by atoms with Crippen LogP contribution in [0.2, 0.25) is 0 Å². The molecule has 0 fully saturated rings. The number of hydrogen-bond donors (Lipinski definition) is 1. The molecule has 1 nitrogen and oxygen atoms in total. The molecule has 0 aliphatic carbocycles. The number of halogens is 5. The average Bonchev–Trinajstić information content (AvgIpc) is 2.26. The fourth-order valence-electron chi connectivity index (χ4n) is 1.26. The molecule has 0 rings (SSSR count). The van der Waals surface area contributed by atoms with Gasteiger partial charge in [-0.15, -0.1) is 11.8 Å². The Labute approximate surface area is 113 Å². The normalized spacial score (nSPS) is 13.2. The summed E-state index contributed by atoms with van der Waals surface area (Å²) in [5.74, 6) is 3.58. The van der Waals surface area contributed by atoms with Crippen LogP contribution in [-0.2, 0) is 0 Å². The van der Waals surface area contributed by atoms with Crippen molar-refractivity contribution in [3.05, 3.63) is 0 Å². The molecule has 108 valence electrons. The molecule has 0 radical (unpaired) electrons. The van der Waals surface area contributed by atoms with Crippen LogP contribution in [0.1, 0.15) is 27.7 Å². The summed E-state index contributed by atoms with van der Waals surface area (Å²) in [6, 6.07) is 0. The first-order valence-corrected chi connectivity index (χ1v) is 5.86. The standard InChI is InChI=1S/C12H13F5OS/c1-5-7-10(19-18,8-6-2)11(13,14)9(3,4)12(15,16)17/h18H,1-4H3. The van der Waals surface area contributed by atoms with Gasteiger partial charge in [-0.2, -0.15) is 13.2 Å². The highest BCUT2D eigenvalue weighted by Gasteiger charge is 2.71. The first kappa shape index (κ1) is 18.1. The van der Waals surface area contributed by atoms with Crippen LogP contribution in [0.3, 0.4) is 0 Å². The average molecular weight is 300 g/mol. The van der Waals surface area contributed by atoms with Gasteiger partial charge in [-0.05, 0) is 27.7 Å². The van der Waals surface area contributed by atoms with E-state index >= 15 is 0 Å². The lowest BCUT2D eigenvalue weighted by Gasteiger charge is -2.41. The topological polar surface area (TPSA) is 20.2 Å². The van der Waals surface area contributed by atoms with Crippen LogP contribution in [0.4, 0.5) is 22.0 Å². The minimum absolute atomic E-state index is 0.354. The van der Waals surface area contributed by atoms with E-state index < -0.39 is 34.3 Å². The zero-order chi connectivity index (χ0) is 15.5. The highest BCUT2D eigenvalue weighted by molar-refractivity contribution is 7.95. The van der Waals surface area contributed by atoms with Gasteiger partial charge in [0.25, 0.3) is 5.92 Å². The van der Waals surface area contributed by atoms with E-state index in [1.807, 2.05) is 11.8 Å². The van der Waals surface area contributed by atoms with Crippen LogP contribution in [0.25, 0.3) is 0 Å². The van der Waals surface area contributed by atoms with Crippen molar-refractivity contribution >= 4 is 12.0 Å². The van der Waals surface area contributed by atoms with Crippen LogP contribution in [-0.4, -0.2) is 21.4 Å². The second kappa shape index (κ2) is 5.60. The van der Waals surface area contributed by atoms with Gasteiger partial charge >= 0.3 is 6.18 Å². The minimum Gasteiger partial charge on any atom is -0.328 e. The Morgan fingerprint density at radius 1 is 0.895 bits per heavy atom. The molecule has 0 saturated heterocycles. The van der Waals surface area contributed by atoms with E-state index in [1.54, 1.807) is 0 Å². The van der Waals surface area contributed by atoms with E-state index in [2.05, 4.69) is 11.8 Å². The summed E-state index contributed by atoms with van der Waals surface area (Å²) >= 11 is -0.481. The van der Waals surface area contributed by atoms with E-state index in [-0.39, 0.29) is 0 Å². The van der Waals surface area contributed by atoms with Gasteiger partial charge in [-0.25, -0.2) is 8.78 Å². The van der Waals surface area contributed by atoms with Crippen LogP contribution in [0, 0.1) is 29.1 Å². The summed E-state index contributed by atoms with van der Waals surface area (Å²) in [5.41, 5.74) is -3.40. The molecule has 0 aromatic rings. The predicted octanol–water partition coefficient (Wildman–Crippen LogP) is 4.20. The third-order valence-electron chi connectivity index (χ3n) is 2.67. The molecule has 7 heteroatoms. The SMILES string of the molecule is CC#CC(C#CC)(SO)C(F)(F)C(C)(C)C(F)(F)F. The largest absolute Gasteiger partial charge is 0.399 e. The Balaban J connectivity index is 6.19.